The van der Waals surface area contributed by atoms with Crippen LogP contribution in [0.4, 0.5) is 5.69 Å². The third-order valence-corrected chi connectivity index (χ3v) is 4.20. The zero-order valence-electron chi connectivity index (χ0n) is 10.6. The van der Waals surface area contributed by atoms with Crippen LogP contribution in [0.25, 0.3) is 10.2 Å². The summed E-state index contributed by atoms with van der Waals surface area (Å²) in [6, 6.07) is 4.02. The van der Waals surface area contributed by atoms with Gasteiger partial charge in [0.05, 0.1) is 29.1 Å². The van der Waals surface area contributed by atoms with Gasteiger partial charge in [0.2, 0.25) is 0 Å². The van der Waals surface area contributed by atoms with Crippen LogP contribution < -0.4 is 10.2 Å². The normalized spacial score (nSPS) is 19.6. The summed E-state index contributed by atoms with van der Waals surface area (Å²) < 4.78 is 6.68. The topological polar surface area (TPSA) is 54.5 Å². The van der Waals surface area contributed by atoms with Gasteiger partial charge in [0.15, 0.2) is 6.10 Å². The van der Waals surface area contributed by atoms with Gasteiger partial charge < -0.3 is 15.0 Å². The van der Waals surface area contributed by atoms with Crippen molar-refractivity contribution in [1.82, 2.24) is 10.3 Å². The molecule has 0 saturated carbocycles. The van der Waals surface area contributed by atoms with Gasteiger partial charge in [-0.05, 0) is 17.5 Å². The van der Waals surface area contributed by atoms with Crippen molar-refractivity contribution in [2.45, 2.75) is 6.10 Å². The largest absolute Gasteiger partial charge is 0.365 e. The maximum Gasteiger partial charge on any atom is 0.250 e. The van der Waals surface area contributed by atoms with Crippen LogP contribution >= 0.6 is 11.3 Å². The molecular formula is C13H15N3O2S. The smallest absolute Gasteiger partial charge is 0.250 e. The maximum atomic E-state index is 11.7. The van der Waals surface area contributed by atoms with Gasteiger partial charge in [-0.15, -0.1) is 11.3 Å². The Hall–Kier alpha value is -1.66. The Morgan fingerprint density at radius 3 is 3.32 bits per heavy atom. The van der Waals surface area contributed by atoms with Crippen LogP contribution in [0.3, 0.4) is 0 Å². The van der Waals surface area contributed by atoms with Crippen molar-refractivity contribution in [2.24, 2.45) is 0 Å². The van der Waals surface area contributed by atoms with Crippen LogP contribution in [0.5, 0.6) is 0 Å². The highest BCUT2D eigenvalue weighted by atomic mass is 32.1. The number of pyridine rings is 1. The lowest BCUT2D eigenvalue weighted by atomic mass is 10.2. The fraction of sp³-hybridized carbons (Fsp3) is 0.385. The lowest BCUT2D eigenvalue weighted by Gasteiger charge is -2.33. The molecule has 5 nitrogen and oxygen atoms in total. The number of amides is 1. The van der Waals surface area contributed by atoms with Gasteiger partial charge in [-0.1, -0.05) is 0 Å². The first-order valence-electron chi connectivity index (χ1n) is 6.20. The summed E-state index contributed by atoms with van der Waals surface area (Å²) in [6.07, 6.45) is 1.41. The number of hydrogen-bond acceptors (Lipinski definition) is 5. The second kappa shape index (κ2) is 5.14. The molecule has 0 aliphatic carbocycles. The van der Waals surface area contributed by atoms with E-state index in [-0.39, 0.29) is 5.91 Å². The number of nitrogens with one attached hydrogen (secondary N) is 1. The molecule has 1 amide bonds. The Morgan fingerprint density at radius 1 is 1.58 bits per heavy atom. The van der Waals surface area contributed by atoms with Crippen LogP contribution in [0, 0.1) is 0 Å². The number of anilines is 1. The van der Waals surface area contributed by atoms with Crippen LogP contribution in [-0.4, -0.2) is 43.7 Å². The summed E-state index contributed by atoms with van der Waals surface area (Å²) in [5.41, 5.74) is 2.14. The summed E-state index contributed by atoms with van der Waals surface area (Å²) in [7, 11) is 1.63. The summed E-state index contributed by atoms with van der Waals surface area (Å²) in [4.78, 5) is 18.2. The SMILES string of the molecule is CNC(=O)C1CN(c2ccnc3ccsc23)CCO1. The molecule has 3 rings (SSSR count). The molecule has 2 aromatic rings. The highest BCUT2D eigenvalue weighted by Crippen LogP contribution is 2.30. The van der Waals surface area contributed by atoms with Crippen LogP contribution in [0.1, 0.15) is 0 Å². The number of morpholine rings is 1. The number of fused-ring (bicyclic) bond motifs is 1. The minimum atomic E-state index is -0.401. The van der Waals surface area contributed by atoms with E-state index in [0.29, 0.717) is 13.2 Å². The molecular weight excluding hydrogens is 262 g/mol. The molecule has 1 atom stereocenters. The fourth-order valence-corrected chi connectivity index (χ4v) is 3.19. The Balaban J connectivity index is 1.89. The number of thiophene rings is 1. The molecule has 3 heterocycles. The number of aromatic nitrogens is 1. The zero-order chi connectivity index (χ0) is 13.2. The van der Waals surface area contributed by atoms with Gasteiger partial charge in [-0.25, -0.2) is 0 Å². The van der Waals surface area contributed by atoms with Gasteiger partial charge in [0, 0.05) is 19.8 Å². The predicted molar refractivity (Wildman–Crippen MR) is 75.6 cm³/mol. The van der Waals surface area contributed by atoms with E-state index >= 15 is 0 Å². The Morgan fingerprint density at radius 2 is 2.47 bits per heavy atom. The van der Waals surface area contributed by atoms with Crippen molar-refractivity contribution in [2.75, 3.05) is 31.6 Å². The van der Waals surface area contributed by atoms with E-state index in [9.17, 15) is 4.79 Å². The summed E-state index contributed by atoms with van der Waals surface area (Å²) >= 11 is 1.68. The zero-order valence-corrected chi connectivity index (χ0v) is 11.4. The van der Waals surface area contributed by atoms with E-state index in [0.717, 1.165) is 17.7 Å². The van der Waals surface area contributed by atoms with Gasteiger partial charge in [-0.2, -0.15) is 0 Å². The van der Waals surface area contributed by atoms with Crippen LogP contribution in [0.2, 0.25) is 0 Å². The second-order valence-corrected chi connectivity index (χ2v) is 5.30. The van der Waals surface area contributed by atoms with E-state index < -0.39 is 6.10 Å². The molecule has 1 unspecified atom stereocenters. The number of carbonyl (C=O) groups excluding carboxylic acids is 1. The Bertz CT molecular complexity index is 598. The first-order valence-corrected chi connectivity index (χ1v) is 7.08. The number of hydrogen-bond donors (Lipinski definition) is 1. The monoisotopic (exact) mass is 277 g/mol. The van der Waals surface area contributed by atoms with Gasteiger partial charge in [0.1, 0.15) is 0 Å². The Kier molecular flexibility index (Phi) is 3.35. The van der Waals surface area contributed by atoms with E-state index in [1.165, 1.54) is 4.70 Å². The lowest BCUT2D eigenvalue weighted by Crippen LogP contribution is -2.49. The van der Waals surface area contributed by atoms with E-state index in [1.807, 2.05) is 23.7 Å². The maximum absolute atomic E-state index is 11.7. The number of rotatable bonds is 2. The summed E-state index contributed by atoms with van der Waals surface area (Å²) in [5, 5.41) is 4.68. The molecule has 0 spiro atoms. The van der Waals surface area contributed by atoms with Crippen molar-refractivity contribution in [3.63, 3.8) is 0 Å². The molecule has 1 aliphatic rings. The van der Waals surface area contributed by atoms with Gasteiger partial charge >= 0.3 is 0 Å². The van der Waals surface area contributed by atoms with Crippen LogP contribution in [-0.2, 0) is 9.53 Å². The summed E-state index contributed by atoms with van der Waals surface area (Å²) in [6.45, 7) is 1.94. The quantitative estimate of drug-likeness (QED) is 0.897. The van der Waals surface area contributed by atoms with Crippen molar-refractivity contribution in [1.29, 1.82) is 0 Å². The lowest BCUT2D eigenvalue weighted by molar-refractivity contribution is -0.132. The molecule has 6 heteroatoms. The molecule has 0 aromatic carbocycles. The predicted octanol–water partition coefficient (Wildman–Crippen LogP) is 1.25. The van der Waals surface area contributed by atoms with E-state index in [4.69, 9.17) is 4.74 Å². The number of ether oxygens (including phenoxy) is 1. The van der Waals surface area contributed by atoms with Crippen molar-refractivity contribution < 1.29 is 9.53 Å². The number of carbonyl (C=O) groups is 1. The molecule has 0 bridgehead atoms. The molecule has 1 aliphatic heterocycles. The molecule has 100 valence electrons. The molecule has 2 aromatic heterocycles. The molecule has 0 radical (unpaired) electrons. The Labute approximate surface area is 115 Å². The fourth-order valence-electron chi connectivity index (χ4n) is 2.30. The highest BCUT2D eigenvalue weighted by molar-refractivity contribution is 7.17. The van der Waals surface area contributed by atoms with Gasteiger partial charge in [-0.3, -0.25) is 9.78 Å². The van der Waals surface area contributed by atoms with Gasteiger partial charge in [0.25, 0.3) is 5.91 Å². The number of likely N-dealkylation sites (N-methyl/N-ethyl adjacent to an activating group) is 1. The van der Waals surface area contributed by atoms with Crippen molar-refractivity contribution in [3.05, 3.63) is 23.7 Å². The average molecular weight is 277 g/mol. The third kappa shape index (κ3) is 2.29. The summed E-state index contributed by atoms with van der Waals surface area (Å²) in [5.74, 6) is -0.0684. The average Bonchev–Trinajstić information content (AvgIpc) is 2.94. The number of nitrogens with zero attached hydrogens (tertiary/aromatic N) is 2. The van der Waals surface area contributed by atoms with E-state index in [2.05, 4.69) is 15.2 Å². The standard InChI is InChI=1S/C13H15N3O2S/c1-14-13(17)11-8-16(5-6-18-11)10-2-4-15-9-3-7-19-12(9)10/h2-4,7,11H,5-6,8H2,1H3,(H,14,17). The highest BCUT2D eigenvalue weighted by Gasteiger charge is 2.27. The van der Waals surface area contributed by atoms with E-state index in [1.54, 1.807) is 18.4 Å². The second-order valence-electron chi connectivity index (χ2n) is 4.38. The molecule has 1 fully saturated rings. The first kappa shape index (κ1) is 12.4. The van der Waals surface area contributed by atoms with Crippen LogP contribution in [0.15, 0.2) is 23.7 Å². The van der Waals surface area contributed by atoms with Crippen molar-refractivity contribution in [3.8, 4) is 0 Å². The minimum absolute atomic E-state index is 0.0684. The third-order valence-electron chi connectivity index (χ3n) is 3.27. The molecule has 1 saturated heterocycles. The first-order chi connectivity index (χ1) is 9.29. The molecule has 1 N–H and O–H groups in total. The van der Waals surface area contributed by atoms with Crippen molar-refractivity contribution >= 4 is 33.1 Å². The minimum Gasteiger partial charge on any atom is -0.365 e. The molecule has 19 heavy (non-hydrogen) atoms.